The van der Waals surface area contributed by atoms with Gasteiger partial charge in [-0.2, -0.15) is 5.10 Å². The Bertz CT molecular complexity index is 1510. The fraction of sp³-hybridized carbons (Fsp3) is 0.240. The van der Waals surface area contributed by atoms with Gasteiger partial charge in [-0.3, -0.25) is 4.68 Å². The van der Waals surface area contributed by atoms with E-state index >= 15 is 0 Å². The van der Waals surface area contributed by atoms with Crippen molar-refractivity contribution < 1.29 is 4.39 Å². The number of benzene rings is 2. The Kier molecular flexibility index (Phi) is 4.83. The molecule has 0 spiro atoms. The molecule has 0 aliphatic heterocycles. The first-order chi connectivity index (χ1) is 16.5. The van der Waals surface area contributed by atoms with E-state index in [1.165, 1.54) is 12.8 Å². The van der Waals surface area contributed by atoms with Gasteiger partial charge in [0, 0.05) is 30.8 Å². The molecule has 0 atom stereocenters. The summed E-state index contributed by atoms with van der Waals surface area (Å²) in [5, 5.41) is 16.5. The highest BCUT2D eigenvalue weighted by Crippen LogP contribution is 2.40. The molecule has 3 aromatic heterocycles. The molecule has 0 radical (unpaired) electrons. The molecule has 0 unspecified atom stereocenters. The minimum absolute atomic E-state index is 0.215. The van der Waals surface area contributed by atoms with Crippen molar-refractivity contribution in [2.75, 3.05) is 5.32 Å². The maximum atomic E-state index is 13.9. The molecule has 1 saturated carbocycles. The van der Waals surface area contributed by atoms with Crippen molar-refractivity contribution in [2.24, 2.45) is 7.05 Å². The van der Waals surface area contributed by atoms with E-state index < -0.39 is 0 Å². The van der Waals surface area contributed by atoms with Gasteiger partial charge in [0.25, 0.3) is 0 Å². The lowest BCUT2D eigenvalue weighted by Crippen LogP contribution is -2.03. The van der Waals surface area contributed by atoms with E-state index in [-0.39, 0.29) is 5.82 Å². The second-order valence-corrected chi connectivity index (χ2v) is 8.78. The number of halogens is 1. The Hall–Kier alpha value is -4.14. The van der Waals surface area contributed by atoms with Gasteiger partial charge >= 0.3 is 0 Å². The van der Waals surface area contributed by atoms with Crippen molar-refractivity contribution in [3.63, 3.8) is 0 Å². The molecule has 2 aromatic carbocycles. The fourth-order valence-corrected chi connectivity index (χ4v) is 4.04. The Labute approximate surface area is 195 Å². The molecule has 0 bridgehead atoms. The number of aromatic nitrogens is 7. The van der Waals surface area contributed by atoms with Crippen LogP contribution in [0.4, 0.5) is 16.2 Å². The molecule has 9 heteroatoms. The summed E-state index contributed by atoms with van der Waals surface area (Å²) in [4.78, 5) is 9.06. The highest BCUT2D eigenvalue weighted by Gasteiger charge is 2.27. The average Bonchev–Trinajstić information content (AvgIpc) is 3.53. The molecule has 8 nitrogen and oxygen atoms in total. The van der Waals surface area contributed by atoms with Gasteiger partial charge in [-0.1, -0.05) is 23.4 Å². The van der Waals surface area contributed by atoms with E-state index in [1.807, 2.05) is 42.1 Å². The molecule has 170 valence electrons. The Balaban J connectivity index is 1.25. The van der Waals surface area contributed by atoms with Crippen molar-refractivity contribution >= 4 is 22.8 Å². The summed E-state index contributed by atoms with van der Waals surface area (Å²) in [6.45, 7) is 2.20. The quantitative estimate of drug-likeness (QED) is 0.399. The number of aryl methyl sites for hydroxylation is 2. The zero-order valence-electron chi connectivity index (χ0n) is 18.9. The standard InChI is InChI=1S/C25H23FN8/c1-15-3-4-16(11-19(15)26)14-34-23-8-7-18(12-22(23)30-32-34)20-9-10-27-25(28-20)29-24-13-21(17-5-6-17)31-33(24)2/h3-4,7-13,17H,5-6,14H2,1-2H3,(H,27,28,29). The van der Waals surface area contributed by atoms with Crippen molar-refractivity contribution in [3.8, 4) is 11.3 Å². The van der Waals surface area contributed by atoms with Crippen molar-refractivity contribution in [3.05, 3.63) is 77.4 Å². The smallest absolute Gasteiger partial charge is 0.228 e. The van der Waals surface area contributed by atoms with E-state index in [2.05, 4.69) is 36.8 Å². The van der Waals surface area contributed by atoms with E-state index in [1.54, 1.807) is 29.9 Å². The van der Waals surface area contributed by atoms with E-state index in [0.29, 0.717) is 24.0 Å². The highest BCUT2D eigenvalue weighted by atomic mass is 19.1. The summed E-state index contributed by atoms with van der Waals surface area (Å²) in [6, 6.07) is 15.1. The topological polar surface area (TPSA) is 86.3 Å². The Morgan fingerprint density at radius 2 is 1.97 bits per heavy atom. The van der Waals surface area contributed by atoms with Crippen LogP contribution in [0.1, 0.15) is 35.6 Å². The van der Waals surface area contributed by atoms with Gasteiger partial charge in [0.2, 0.25) is 5.95 Å². The zero-order valence-corrected chi connectivity index (χ0v) is 18.9. The summed E-state index contributed by atoms with van der Waals surface area (Å²) < 4.78 is 17.5. The lowest BCUT2D eigenvalue weighted by molar-refractivity contribution is 0.609. The van der Waals surface area contributed by atoms with Gasteiger partial charge in [-0.15, -0.1) is 5.10 Å². The molecule has 0 saturated heterocycles. The van der Waals surface area contributed by atoms with Crippen LogP contribution in [0.2, 0.25) is 0 Å². The van der Waals surface area contributed by atoms with Crippen LogP contribution in [-0.4, -0.2) is 34.7 Å². The van der Waals surface area contributed by atoms with Gasteiger partial charge in [0.15, 0.2) is 0 Å². The van der Waals surface area contributed by atoms with Crippen LogP contribution in [0, 0.1) is 12.7 Å². The fourth-order valence-electron chi connectivity index (χ4n) is 4.04. The Morgan fingerprint density at radius 1 is 1.09 bits per heavy atom. The predicted octanol–water partition coefficient (Wildman–Crippen LogP) is 4.74. The summed E-state index contributed by atoms with van der Waals surface area (Å²) >= 11 is 0. The van der Waals surface area contributed by atoms with Crippen LogP contribution in [0.3, 0.4) is 0 Å². The Morgan fingerprint density at radius 3 is 2.79 bits per heavy atom. The number of hydrogen-bond donors (Lipinski definition) is 1. The van der Waals surface area contributed by atoms with Crippen LogP contribution in [-0.2, 0) is 13.6 Å². The second kappa shape index (κ2) is 8.02. The molecule has 1 fully saturated rings. The molecular formula is C25H23FN8. The third-order valence-corrected chi connectivity index (χ3v) is 6.17. The highest BCUT2D eigenvalue weighted by molar-refractivity contribution is 5.80. The normalized spacial score (nSPS) is 13.5. The van der Waals surface area contributed by atoms with E-state index in [9.17, 15) is 4.39 Å². The third-order valence-electron chi connectivity index (χ3n) is 6.17. The van der Waals surface area contributed by atoms with Gasteiger partial charge in [-0.05, 0) is 55.2 Å². The van der Waals surface area contributed by atoms with Crippen LogP contribution >= 0.6 is 0 Å². The zero-order chi connectivity index (χ0) is 23.2. The maximum absolute atomic E-state index is 13.9. The molecule has 3 heterocycles. The number of rotatable bonds is 6. The minimum atomic E-state index is -0.215. The molecule has 5 aromatic rings. The van der Waals surface area contributed by atoms with Crippen LogP contribution in [0.15, 0.2) is 54.7 Å². The third kappa shape index (κ3) is 3.89. The van der Waals surface area contributed by atoms with Crippen molar-refractivity contribution in [2.45, 2.75) is 32.2 Å². The first-order valence-corrected chi connectivity index (χ1v) is 11.3. The van der Waals surface area contributed by atoms with Crippen molar-refractivity contribution in [1.82, 2.24) is 34.7 Å². The molecule has 1 aliphatic carbocycles. The molecular weight excluding hydrogens is 431 g/mol. The SMILES string of the molecule is Cc1ccc(Cn2nnc3cc(-c4ccnc(Nc5cc(C6CC6)nn5C)n4)ccc32)cc1F. The predicted molar refractivity (Wildman–Crippen MR) is 127 cm³/mol. The van der Waals surface area contributed by atoms with Crippen LogP contribution < -0.4 is 5.32 Å². The summed E-state index contributed by atoms with van der Waals surface area (Å²) in [7, 11) is 1.92. The molecule has 0 amide bonds. The van der Waals surface area contributed by atoms with E-state index in [0.717, 1.165) is 39.4 Å². The maximum Gasteiger partial charge on any atom is 0.228 e. The summed E-state index contributed by atoms with van der Waals surface area (Å²) in [6.07, 6.45) is 4.14. The monoisotopic (exact) mass is 454 g/mol. The summed E-state index contributed by atoms with van der Waals surface area (Å²) in [5.41, 5.74) is 5.89. The van der Waals surface area contributed by atoms with Gasteiger partial charge < -0.3 is 5.32 Å². The minimum Gasteiger partial charge on any atom is -0.309 e. The number of fused-ring (bicyclic) bond motifs is 1. The summed E-state index contributed by atoms with van der Waals surface area (Å²) in [5.74, 6) is 1.74. The average molecular weight is 455 g/mol. The van der Waals surface area contributed by atoms with Gasteiger partial charge in [-0.25, -0.2) is 19.0 Å². The lowest BCUT2D eigenvalue weighted by atomic mass is 10.1. The van der Waals surface area contributed by atoms with Gasteiger partial charge in [0.05, 0.1) is 23.4 Å². The molecule has 1 aliphatic rings. The first-order valence-electron chi connectivity index (χ1n) is 11.3. The number of anilines is 2. The molecule has 6 rings (SSSR count). The second-order valence-electron chi connectivity index (χ2n) is 8.78. The molecule has 34 heavy (non-hydrogen) atoms. The van der Waals surface area contributed by atoms with Crippen molar-refractivity contribution in [1.29, 1.82) is 0 Å². The first kappa shape index (κ1) is 20.5. The number of nitrogens with one attached hydrogen (secondary N) is 1. The van der Waals surface area contributed by atoms with Gasteiger partial charge in [0.1, 0.15) is 17.2 Å². The van der Waals surface area contributed by atoms with Crippen LogP contribution in [0.25, 0.3) is 22.3 Å². The van der Waals surface area contributed by atoms with E-state index in [4.69, 9.17) is 0 Å². The largest absolute Gasteiger partial charge is 0.309 e. The molecule has 1 N–H and O–H groups in total. The number of hydrogen-bond acceptors (Lipinski definition) is 6. The van der Waals surface area contributed by atoms with Crippen LogP contribution in [0.5, 0.6) is 0 Å². The number of nitrogens with zero attached hydrogens (tertiary/aromatic N) is 7. The lowest BCUT2D eigenvalue weighted by Gasteiger charge is -2.07.